The molecule has 9 nitrogen and oxygen atoms in total. The third kappa shape index (κ3) is 4.61. The molecule has 0 unspecified atom stereocenters. The van der Waals surface area contributed by atoms with E-state index in [0.29, 0.717) is 12.1 Å². The number of halogens is 1. The van der Waals surface area contributed by atoms with Crippen molar-refractivity contribution in [1.29, 1.82) is 0 Å². The predicted octanol–water partition coefficient (Wildman–Crippen LogP) is 1.52. The van der Waals surface area contributed by atoms with Crippen LogP contribution in [-0.4, -0.2) is 37.6 Å². The van der Waals surface area contributed by atoms with E-state index in [0.717, 1.165) is 7.11 Å². The molecule has 1 rings (SSSR count). The van der Waals surface area contributed by atoms with Crippen LogP contribution in [0.25, 0.3) is 0 Å². The molecule has 0 heterocycles. The van der Waals surface area contributed by atoms with Crippen LogP contribution in [0.5, 0.6) is 5.75 Å². The SMILES string of the molecule is COc1c(F)cc(S(=O)(=O)N[C@H](CC(C)C)C(=O)O)cc1[N+](=O)[O-]. The average Bonchev–Trinajstić information content (AvgIpc) is 2.44. The number of hydrogen-bond donors (Lipinski definition) is 2. The van der Waals surface area contributed by atoms with Gasteiger partial charge in [0.2, 0.25) is 15.8 Å². The van der Waals surface area contributed by atoms with Gasteiger partial charge in [-0.3, -0.25) is 14.9 Å². The Morgan fingerprint density at radius 2 is 2.04 bits per heavy atom. The number of aliphatic carboxylic acids is 1. The largest absolute Gasteiger partial charge is 0.488 e. The van der Waals surface area contributed by atoms with Crippen LogP contribution in [0.3, 0.4) is 0 Å². The van der Waals surface area contributed by atoms with E-state index in [2.05, 4.69) is 4.74 Å². The van der Waals surface area contributed by atoms with E-state index in [1.54, 1.807) is 13.8 Å². The van der Waals surface area contributed by atoms with E-state index in [1.807, 2.05) is 4.72 Å². The number of methoxy groups -OCH3 is 1. The van der Waals surface area contributed by atoms with Gasteiger partial charge in [-0.25, -0.2) is 12.8 Å². The van der Waals surface area contributed by atoms with E-state index in [4.69, 9.17) is 5.11 Å². The molecule has 0 bridgehead atoms. The molecule has 1 atom stereocenters. The second kappa shape index (κ2) is 7.53. The van der Waals surface area contributed by atoms with Crippen LogP contribution < -0.4 is 9.46 Å². The number of nitro groups is 1. The van der Waals surface area contributed by atoms with Crippen molar-refractivity contribution < 1.29 is 32.4 Å². The normalized spacial score (nSPS) is 12.9. The predicted molar refractivity (Wildman–Crippen MR) is 80.8 cm³/mol. The fourth-order valence-electron chi connectivity index (χ4n) is 1.97. The van der Waals surface area contributed by atoms with Crippen molar-refractivity contribution in [1.82, 2.24) is 4.72 Å². The monoisotopic (exact) mass is 364 g/mol. The number of ether oxygens (including phenoxy) is 1. The summed E-state index contributed by atoms with van der Waals surface area (Å²) in [6, 6.07) is -0.305. The summed E-state index contributed by atoms with van der Waals surface area (Å²) in [6.07, 6.45) is -0.00467. The maximum absolute atomic E-state index is 13.9. The number of benzene rings is 1. The molecule has 1 aromatic carbocycles. The zero-order valence-corrected chi connectivity index (χ0v) is 14.0. The molecule has 134 valence electrons. The molecule has 0 aliphatic rings. The van der Waals surface area contributed by atoms with Crippen LogP contribution in [0.2, 0.25) is 0 Å². The fourth-order valence-corrected chi connectivity index (χ4v) is 3.21. The van der Waals surface area contributed by atoms with Gasteiger partial charge in [-0.05, 0) is 18.4 Å². The van der Waals surface area contributed by atoms with Crippen molar-refractivity contribution in [2.24, 2.45) is 5.92 Å². The summed E-state index contributed by atoms with van der Waals surface area (Å²) < 4.78 is 44.8. The molecule has 1 aromatic rings. The zero-order valence-electron chi connectivity index (χ0n) is 13.1. The Kier molecular flexibility index (Phi) is 6.21. The first-order valence-corrected chi connectivity index (χ1v) is 8.25. The molecule has 0 fully saturated rings. The Bertz CT molecular complexity index is 749. The van der Waals surface area contributed by atoms with Gasteiger partial charge in [0, 0.05) is 6.07 Å². The highest BCUT2D eigenvalue weighted by Crippen LogP contribution is 2.32. The molecule has 0 saturated carbocycles. The number of hydrogen-bond acceptors (Lipinski definition) is 6. The number of sulfonamides is 1. The van der Waals surface area contributed by atoms with E-state index in [-0.39, 0.29) is 12.3 Å². The maximum Gasteiger partial charge on any atom is 0.321 e. The standard InChI is InChI=1S/C13H17FN2O7S/c1-7(2)4-10(13(17)18)15-24(21,22)8-5-9(14)12(23-3)11(6-8)16(19)20/h5-7,10,15H,4H2,1-3H3,(H,17,18)/t10-/m1/s1. The topological polar surface area (TPSA) is 136 Å². The summed E-state index contributed by atoms with van der Waals surface area (Å²) in [7, 11) is -3.48. The van der Waals surface area contributed by atoms with Gasteiger partial charge in [0.05, 0.1) is 16.9 Å². The number of nitrogens with zero attached hydrogens (tertiary/aromatic N) is 1. The van der Waals surface area contributed by atoms with Gasteiger partial charge in [-0.2, -0.15) is 4.72 Å². The lowest BCUT2D eigenvalue weighted by Gasteiger charge is -2.17. The quantitative estimate of drug-likeness (QED) is 0.527. The molecular formula is C13H17FN2O7S. The van der Waals surface area contributed by atoms with Crippen molar-refractivity contribution in [2.45, 2.75) is 31.2 Å². The van der Waals surface area contributed by atoms with Gasteiger partial charge >= 0.3 is 11.7 Å². The second-order valence-electron chi connectivity index (χ2n) is 5.36. The molecule has 24 heavy (non-hydrogen) atoms. The van der Waals surface area contributed by atoms with Gasteiger partial charge in [-0.15, -0.1) is 0 Å². The Hall–Kier alpha value is -2.27. The number of rotatable bonds is 8. The van der Waals surface area contributed by atoms with Crippen LogP contribution in [-0.2, 0) is 14.8 Å². The summed E-state index contributed by atoms with van der Waals surface area (Å²) in [5.74, 6) is -3.50. The lowest BCUT2D eigenvalue weighted by molar-refractivity contribution is -0.386. The summed E-state index contributed by atoms with van der Waals surface area (Å²) >= 11 is 0. The molecule has 0 aromatic heterocycles. The Balaban J connectivity index is 3.32. The first kappa shape index (κ1) is 19.8. The summed E-state index contributed by atoms with van der Waals surface area (Å²) in [6.45, 7) is 3.39. The van der Waals surface area contributed by atoms with Crippen molar-refractivity contribution in [3.63, 3.8) is 0 Å². The van der Waals surface area contributed by atoms with E-state index >= 15 is 0 Å². The first-order chi connectivity index (χ1) is 11.0. The van der Waals surface area contributed by atoms with Crippen molar-refractivity contribution in [3.05, 3.63) is 28.1 Å². The lowest BCUT2D eigenvalue weighted by Crippen LogP contribution is -2.41. The average molecular weight is 364 g/mol. The van der Waals surface area contributed by atoms with Crippen LogP contribution in [0.1, 0.15) is 20.3 Å². The van der Waals surface area contributed by atoms with Crippen LogP contribution in [0.4, 0.5) is 10.1 Å². The van der Waals surface area contributed by atoms with Gasteiger partial charge < -0.3 is 9.84 Å². The Morgan fingerprint density at radius 3 is 2.46 bits per heavy atom. The van der Waals surface area contributed by atoms with Crippen molar-refractivity contribution in [3.8, 4) is 5.75 Å². The molecule has 11 heteroatoms. The third-order valence-corrected chi connectivity index (χ3v) is 4.46. The number of carboxylic acid groups (broad SMARTS) is 1. The van der Waals surface area contributed by atoms with Crippen LogP contribution in [0, 0.1) is 21.8 Å². The fraction of sp³-hybridized carbons (Fsp3) is 0.462. The zero-order chi connectivity index (χ0) is 18.7. The van der Waals surface area contributed by atoms with Gasteiger partial charge in [-0.1, -0.05) is 13.8 Å². The number of nitrogens with one attached hydrogen (secondary N) is 1. The van der Waals surface area contributed by atoms with Gasteiger partial charge in [0.1, 0.15) is 6.04 Å². The van der Waals surface area contributed by atoms with E-state index in [1.165, 1.54) is 0 Å². The third-order valence-electron chi connectivity index (χ3n) is 3.01. The van der Waals surface area contributed by atoms with Gasteiger partial charge in [0.15, 0.2) is 5.82 Å². The summed E-state index contributed by atoms with van der Waals surface area (Å²) in [5.41, 5.74) is -0.881. The van der Waals surface area contributed by atoms with E-state index in [9.17, 15) is 27.7 Å². The number of carbonyl (C=O) groups is 1. The van der Waals surface area contributed by atoms with Crippen molar-refractivity contribution >= 4 is 21.7 Å². The summed E-state index contributed by atoms with van der Waals surface area (Å²) in [5, 5.41) is 20.0. The molecule has 0 spiro atoms. The second-order valence-corrected chi connectivity index (χ2v) is 7.07. The van der Waals surface area contributed by atoms with E-state index < -0.39 is 49.1 Å². The van der Waals surface area contributed by atoms with Crippen LogP contribution >= 0.6 is 0 Å². The number of nitro benzene ring substituents is 1. The first-order valence-electron chi connectivity index (χ1n) is 6.76. The minimum atomic E-state index is -4.48. The summed E-state index contributed by atoms with van der Waals surface area (Å²) in [4.78, 5) is 20.3. The molecule has 0 aliphatic heterocycles. The van der Waals surface area contributed by atoms with Gasteiger partial charge in [0.25, 0.3) is 0 Å². The molecule has 0 saturated heterocycles. The molecule has 0 amide bonds. The maximum atomic E-state index is 13.9. The van der Waals surface area contributed by atoms with Crippen LogP contribution in [0.15, 0.2) is 17.0 Å². The highest BCUT2D eigenvalue weighted by molar-refractivity contribution is 7.89. The highest BCUT2D eigenvalue weighted by atomic mass is 32.2. The molecule has 2 N–H and O–H groups in total. The minimum Gasteiger partial charge on any atom is -0.488 e. The Labute approximate surface area is 137 Å². The number of carboxylic acids is 1. The molecular weight excluding hydrogens is 347 g/mol. The molecule has 0 radical (unpaired) electrons. The lowest BCUT2D eigenvalue weighted by atomic mass is 10.1. The minimum absolute atomic E-state index is 0.00467. The highest BCUT2D eigenvalue weighted by Gasteiger charge is 2.30. The van der Waals surface area contributed by atoms with Crippen molar-refractivity contribution in [2.75, 3.05) is 7.11 Å². The smallest absolute Gasteiger partial charge is 0.321 e. The molecule has 0 aliphatic carbocycles. The Morgan fingerprint density at radius 1 is 1.46 bits per heavy atom.